The van der Waals surface area contributed by atoms with Gasteiger partial charge < -0.3 is 14.5 Å². The summed E-state index contributed by atoms with van der Waals surface area (Å²) in [6, 6.07) is 4.07. The van der Waals surface area contributed by atoms with Crippen molar-refractivity contribution in [1.82, 2.24) is 24.7 Å². The second kappa shape index (κ2) is 6.35. The van der Waals surface area contributed by atoms with Crippen LogP contribution in [-0.2, 0) is 9.53 Å². The van der Waals surface area contributed by atoms with Crippen LogP contribution in [0.2, 0.25) is 0 Å². The number of aromatic nitrogens is 4. The Kier molecular flexibility index (Phi) is 4.05. The van der Waals surface area contributed by atoms with Crippen LogP contribution in [0, 0.1) is 5.92 Å². The van der Waals surface area contributed by atoms with Gasteiger partial charge in [-0.1, -0.05) is 0 Å². The van der Waals surface area contributed by atoms with Crippen LogP contribution in [0.1, 0.15) is 19.8 Å². The van der Waals surface area contributed by atoms with Crippen molar-refractivity contribution in [2.45, 2.75) is 25.8 Å². The zero-order chi connectivity index (χ0) is 16.5. The number of ether oxygens (including phenoxy) is 1. The molecule has 0 bridgehead atoms. The summed E-state index contributed by atoms with van der Waals surface area (Å²) in [6.07, 6.45) is 3.34. The van der Waals surface area contributed by atoms with Gasteiger partial charge in [0.1, 0.15) is 12.1 Å². The maximum Gasteiger partial charge on any atom is 0.226 e. The predicted octanol–water partition coefficient (Wildman–Crippen LogP) is 0.588. The molecule has 0 aliphatic carbocycles. The van der Waals surface area contributed by atoms with Crippen LogP contribution in [0.4, 0.5) is 5.82 Å². The average molecular weight is 330 g/mol. The number of anilines is 1. The highest BCUT2D eigenvalue weighted by atomic mass is 16.5. The molecule has 128 valence electrons. The van der Waals surface area contributed by atoms with Gasteiger partial charge in [0.05, 0.1) is 19.3 Å². The number of fused-ring (bicyclic) bond motifs is 1. The third-order valence-electron chi connectivity index (χ3n) is 4.97. The summed E-state index contributed by atoms with van der Waals surface area (Å²) in [7, 11) is 0. The summed E-state index contributed by atoms with van der Waals surface area (Å²) in [6.45, 7) is 5.76. The molecule has 2 aliphatic heterocycles. The standard InChI is InChI=1S/C16H22N6O2/c1-12-10-24-9-8-21(12)16(23)13-4-6-20(7-5-13)15-3-2-14-18-17-11-22(14)19-15/h2-3,11-13H,4-10H2,1H3/t12-/m1/s1. The first-order valence-corrected chi connectivity index (χ1v) is 8.52. The fraction of sp³-hybridized carbons (Fsp3) is 0.625. The quantitative estimate of drug-likeness (QED) is 0.802. The number of carbonyl (C=O) groups is 1. The molecule has 2 saturated heterocycles. The van der Waals surface area contributed by atoms with Gasteiger partial charge in [-0.2, -0.15) is 4.52 Å². The highest BCUT2D eigenvalue weighted by molar-refractivity contribution is 5.79. The molecule has 0 saturated carbocycles. The lowest BCUT2D eigenvalue weighted by atomic mass is 9.94. The Bertz CT molecular complexity index is 724. The highest BCUT2D eigenvalue weighted by Gasteiger charge is 2.32. The Hall–Kier alpha value is -2.22. The molecule has 0 unspecified atom stereocenters. The third-order valence-corrected chi connectivity index (χ3v) is 4.97. The molecule has 0 radical (unpaired) electrons. The maximum absolute atomic E-state index is 12.8. The average Bonchev–Trinajstić information content (AvgIpc) is 3.09. The van der Waals surface area contributed by atoms with Crippen LogP contribution in [0.3, 0.4) is 0 Å². The van der Waals surface area contributed by atoms with Gasteiger partial charge in [-0.05, 0) is 31.9 Å². The van der Waals surface area contributed by atoms with E-state index in [2.05, 4.69) is 27.1 Å². The van der Waals surface area contributed by atoms with Gasteiger partial charge in [0.2, 0.25) is 5.91 Å². The Morgan fingerprint density at radius 2 is 2.08 bits per heavy atom. The van der Waals surface area contributed by atoms with Crippen LogP contribution in [0.25, 0.3) is 5.65 Å². The van der Waals surface area contributed by atoms with Crippen LogP contribution in [0.5, 0.6) is 0 Å². The first kappa shape index (κ1) is 15.3. The summed E-state index contributed by atoms with van der Waals surface area (Å²) < 4.78 is 7.11. The molecule has 8 nitrogen and oxygen atoms in total. The molecular formula is C16H22N6O2. The molecule has 0 N–H and O–H groups in total. The molecule has 0 aromatic carbocycles. The minimum absolute atomic E-state index is 0.112. The number of nitrogens with zero attached hydrogens (tertiary/aromatic N) is 6. The Balaban J connectivity index is 1.40. The zero-order valence-electron chi connectivity index (χ0n) is 13.8. The van der Waals surface area contributed by atoms with E-state index in [1.165, 1.54) is 0 Å². The van der Waals surface area contributed by atoms with Crippen molar-refractivity contribution in [3.63, 3.8) is 0 Å². The Morgan fingerprint density at radius 1 is 1.25 bits per heavy atom. The summed E-state index contributed by atoms with van der Waals surface area (Å²) in [5.41, 5.74) is 0.741. The number of rotatable bonds is 2. The molecule has 2 aromatic rings. The topological polar surface area (TPSA) is 75.9 Å². The van der Waals surface area contributed by atoms with E-state index in [1.54, 1.807) is 10.8 Å². The van der Waals surface area contributed by atoms with Gasteiger partial charge >= 0.3 is 0 Å². The molecule has 1 amide bonds. The SMILES string of the molecule is C[C@@H]1COCCN1C(=O)C1CCN(c2ccc3nncn3n2)CC1. The van der Waals surface area contributed by atoms with Crippen molar-refractivity contribution in [3.05, 3.63) is 18.5 Å². The van der Waals surface area contributed by atoms with Gasteiger partial charge in [-0.15, -0.1) is 15.3 Å². The molecule has 2 fully saturated rings. The molecular weight excluding hydrogens is 308 g/mol. The molecule has 2 aromatic heterocycles. The first-order chi connectivity index (χ1) is 11.7. The lowest BCUT2D eigenvalue weighted by molar-refractivity contribution is -0.144. The fourth-order valence-corrected chi connectivity index (χ4v) is 3.53. The maximum atomic E-state index is 12.8. The van der Waals surface area contributed by atoms with E-state index < -0.39 is 0 Å². The minimum Gasteiger partial charge on any atom is -0.377 e. The van der Waals surface area contributed by atoms with E-state index >= 15 is 0 Å². The summed E-state index contributed by atoms with van der Waals surface area (Å²) in [4.78, 5) is 17.0. The van der Waals surface area contributed by atoms with Crippen molar-refractivity contribution in [2.75, 3.05) is 37.7 Å². The van der Waals surface area contributed by atoms with Gasteiger partial charge in [-0.3, -0.25) is 4.79 Å². The lowest BCUT2D eigenvalue weighted by Crippen LogP contribution is -2.51. The van der Waals surface area contributed by atoms with E-state index in [0.29, 0.717) is 19.8 Å². The number of morpholine rings is 1. The predicted molar refractivity (Wildman–Crippen MR) is 87.7 cm³/mol. The van der Waals surface area contributed by atoms with Crippen LogP contribution in [-0.4, -0.2) is 69.5 Å². The number of hydrogen-bond donors (Lipinski definition) is 0. The zero-order valence-corrected chi connectivity index (χ0v) is 13.8. The monoisotopic (exact) mass is 330 g/mol. The largest absolute Gasteiger partial charge is 0.377 e. The normalized spacial score (nSPS) is 23.0. The van der Waals surface area contributed by atoms with Crippen molar-refractivity contribution in [3.8, 4) is 0 Å². The molecule has 1 atom stereocenters. The lowest BCUT2D eigenvalue weighted by Gasteiger charge is -2.38. The van der Waals surface area contributed by atoms with E-state index in [9.17, 15) is 4.79 Å². The Labute approximate surface area is 140 Å². The summed E-state index contributed by atoms with van der Waals surface area (Å²) >= 11 is 0. The van der Waals surface area contributed by atoms with Crippen molar-refractivity contribution < 1.29 is 9.53 Å². The number of piperidine rings is 1. The van der Waals surface area contributed by atoms with Gasteiger partial charge in [0.25, 0.3) is 0 Å². The van der Waals surface area contributed by atoms with Gasteiger partial charge in [0, 0.05) is 25.6 Å². The number of amides is 1. The molecule has 4 heterocycles. The summed E-state index contributed by atoms with van der Waals surface area (Å²) in [5, 5.41) is 12.4. The van der Waals surface area contributed by atoms with Crippen LogP contribution >= 0.6 is 0 Å². The third kappa shape index (κ3) is 2.82. The second-order valence-electron chi connectivity index (χ2n) is 6.54. The van der Waals surface area contributed by atoms with Gasteiger partial charge in [-0.25, -0.2) is 0 Å². The molecule has 2 aliphatic rings. The number of carbonyl (C=O) groups excluding carboxylic acids is 1. The number of hydrogen-bond acceptors (Lipinski definition) is 6. The van der Waals surface area contributed by atoms with E-state index in [1.807, 2.05) is 17.0 Å². The van der Waals surface area contributed by atoms with Crippen molar-refractivity contribution in [2.24, 2.45) is 5.92 Å². The first-order valence-electron chi connectivity index (χ1n) is 8.52. The molecule has 4 rings (SSSR count). The smallest absolute Gasteiger partial charge is 0.226 e. The second-order valence-corrected chi connectivity index (χ2v) is 6.54. The summed E-state index contributed by atoms with van der Waals surface area (Å²) in [5.74, 6) is 1.31. The van der Waals surface area contributed by atoms with Crippen molar-refractivity contribution >= 4 is 17.4 Å². The van der Waals surface area contributed by atoms with E-state index in [0.717, 1.165) is 37.4 Å². The minimum atomic E-state index is 0.112. The van der Waals surface area contributed by atoms with Crippen LogP contribution < -0.4 is 4.90 Å². The molecule has 24 heavy (non-hydrogen) atoms. The Morgan fingerprint density at radius 3 is 2.88 bits per heavy atom. The van der Waals surface area contributed by atoms with Crippen LogP contribution in [0.15, 0.2) is 18.5 Å². The van der Waals surface area contributed by atoms with Crippen molar-refractivity contribution in [1.29, 1.82) is 0 Å². The fourth-order valence-electron chi connectivity index (χ4n) is 3.53. The highest BCUT2D eigenvalue weighted by Crippen LogP contribution is 2.24. The van der Waals surface area contributed by atoms with E-state index in [-0.39, 0.29) is 17.9 Å². The van der Waals surface area contributed by atoms with E-state index in [4.69, 9.17) is 4.74 Å². The molecule has 8 heteroatoms. The molecule has 0 spiro atoms. The van der Waals surface area contributed by atoms with Gasteiger partial charge in [0.15, 0.2) is 5.65 Å².